The van der Waals surface area contributed by atoms with Crippen LogP contribution in [0.15, 0.2) is 24.3 Å². The van der Waals surface area contributed by atoms with Gasteiger partial charge >= 0.3 is 0 Å². The van der Waals surface area contributed by atoms with Crippen LogP contribution in [0.25, 0.3) is 10.9 Å². The number of aromatic amines is 1. The Hall–Kier alpha value is -1.65. The minimum Gasteiger partial charge on any atom is -0.358 e. The van der Waals surface area contributed by atoms with Crippen LogP contribution in [-0.4, -0.2) is 59.8 Å². The van der Waals surface area contributed by atoms with E-state index in [0.29, 0.717) is 5.92 Å². The van der Waals surface area contributed by atoms with E-state index in [0.717, 1.165) is 48.3 Å². The van der Waals surface area contributed by atoms with Crippen LogP contribution in [0.2, 0.25) is 0 Å². The molecule has 1 aromatic heterocycles. The number of nitrogens with zero attached hydrogens (tertiary/aromatic N) is 2. The van der Waals surface area contributed by atoms with Crippen molar-refractivity contribution in [3.8, 4) is 0 Å². The summed E-state index contributed by atoms with van der Waals surface area (Å²) in [6.45, 7) is 10.5. The largest absolute Gasteiger partial charge is 0.358 e. The number of fused-ring (bicyclic) bond motifs is 1. The zero-order chi connectivity index (χ0) is 17.3. The second kappa shape index (κ2) is 7.08. The van der Waals surface area contributed by atoms with Crippen molar-refractivity contribution >= 4 is 16.7 Å². The van der Waals surface area contributed by atoms with E-state index in [-0.39, 0.29) is 11.8 Å². The van der Waals surface area contributed by atoms with Gasteiger partial charge in [0.15, 0.2) is 5.78 Å². The quantitative estimate of drug-likeness (QED) is 0.827. The van der Waals surface area contributed by atoms with E-state index < -0.39 is 0 Å². The zero-order valence-electron chi connectivity index (χ0n) is 15.3. The average molecular weight is 327 g/mol. The van der Waals surface area contributed by atoms with Crippen LogP contribution in [0.3, 0.4) is 0 Å². The highest BCUT2D eigenvalue weighted by atomic mass is 16.1. The van der Waals surface area contributed by atoms with E-state index in [1.165, 1.54) is 6.42 Å². The third-order valence-corrected chi connectivity index (χ3v) is 5.49. The summed E-state index contributed by atoms with van der Waals surface area (Å²) < 4.78 is 0. The number of carbonyl (C=O) groups is 1. The van der Waals surface area contributed by atoms with E-state index in [1.54, 1.807) is 0 Å². The molecule has 24 heavy (non-hydrogen) atoms. The molecule has 2 aromatic rings. The lowest BCUT2D eigenvalue weighted by Crippen LogP contribution is -2.38. The SMILES string of the molecule is CCN(C)C[C@H]1CCN([C@H](C)C(=O)c2c(C)[nH]c3ccccc23)C1. The molecule has 0 aliphatic carbocycles. The average Bonchev–Trinajstić information content (AvgIpc) is 3.16. The van der Waals surface area contributed by atoms with E-state index in [4.69, 9.17) is 0 Å². The predicted octanol–water partition coefficient (Wildman–Crippen LogP) is 3.32. The molecule has 1 aromatic carbocycles. The minimum atomic E-state index is -0.0557. The third kappa shape index (κ3) is 3.26. The van der Waals surface area contributed by atoms with Gasteiger partial charge in [0.25, 0.3) is 0 Å². The van der Waals surface area contributed by atoms with Crippen LogP contribution in [0.4, 0.5) is 0 Å². The number of hydrogen-bond acceptors (Lipinski definition) is 3. The molecule has 3 rings (SSSR count). The summed E-state index contributed by atoms with van der Waals surface area (Å²) in [5.74, 6) is 0.920. The van der Waals surface area contributed by atoms with Gasteiger partial charge in [0.1, 0.15) is 0 Å². The van der Waals surface area contributed by atoms with Gasteiger partial charge in [-0.2, -0.15) is 0 Å². The molecule has 0 radical (unpaired) electrons. The molecule has 0 spiro atoms. The van der Waals surface area contributed by atoms with Crippen molar-refractivity contribution in [2.75, 3.05) is 33.2 Å². The predicted molar refractivity (Wildman–Crippen MR) is 99.7 cm³/mol. The Labute approximate surface area is 144 Å². The first-order valence-electron chi connectivity index (χ1n) is 9.05. The Morgan fingerprint density at radius 2 is 2.17 bits per heavy atom. The second-order valence-electron chi connectivity index (χ2n) is 7.22. The molecule has 130 valence electrons. The number of benzene rings is 1. The highest BCUT2D eigenvalue weighted by molar-refractivity contribution is 6.11. The Morgan fingerprint density at radius 1 is 1.42 bits per heavy atom. The van der Waals surface area contributed by atoms with Crippen molar-refractivity contribution in [2.24, 2.45) is 5.92 Å². The number of nitrogens with one attached hydrogen (secondary N) is 1. The Kier molecular flexibility index (Phi) is 5.07. The van der Waals surface area contributed by atoms with Gasteiger partial charge in [-0.05, 0) is 52.4 Å². The molecule has 4 heteroatoms. The smallest absolute Gasteiger partial charge is 0.182 e. The van der Waals surface area contributed by atoms with Crippen LogP contribution in [-0.2, 0) is 0 Å². The molecule has 1 saturated heterocycles. The maximum atomic E-state index is 13.1. The zero-order valence-corrected chi connectivity index (χ0v) is 15.3. The topological polar surface area (TPSA) is 39.3 Å². The van der Waals surface area contributed by atoms with E-state index in [2.05, 4.69) is 35.7 Å². The molecule has 1 fully saturated rings. The highest BCUT2D eigenvalue weighted by Gasteiger charge is 2.31. The molecular formula is C20H29N3O. The number of aryl methyl sites for hydroxylation is 1. The number of ketones is 1. The molecule has 1 aliphatic heterocycles. The molecule has 4 nitrogen and oxygen atoms in total. The van der Waals surface area contributed by atoms with Gasteiger partial charge in [-0.15, -0.1) is 0 Å². The Balaban J connectivity index is 1.74. The van der Waals surface area contributed by atoms with Crippen LogP contribution >= 0.6 is 0 Å². The summed E-state index contributed by atoms with van der Waals surface area (Å²) >= 11 is 0. The van der Waals surface area contributed by atoms with Gasteiger partial charge in [0.2, 0.25) is 0 Å². The number of para-hydroxylation sites is 1. The van der Waals surface area contributed by atoms with Crippen LogP contribution in [0, 0.1) is 12.8 Å². The van der Waals surface area contributed by atoms with Gasteiger partial charge < -0.3 is 9.88 Å². The molecular weight excluding hydrogens is 298 g/mol. The lowest BCUT2D eigenvalue weighted by atomic mass is 10.0. The fraction of sp³-hybridized carbons (Fsp3) is 0.550. The Bertz CT molecular complexity index is 721. The molecule has 0 bridgehead atoms. The van der Waals surface area contributed by atoms with Crippen molar-refractivity contribution in [2.45, 2.75) is 33.2 Å². The van der Waals surface area contributed by atoms with Crippen molar-refractivity contribution < 1.29 is 4.79 Å². The van der Waals surface area contributed by atoms with Gasteiger partial charge in [-0.25, -0.2) is 0 Å². The standard InChI is InChI=1S/C20H29N3O/c1-5-22(4)12-16-10-11-23(13-16)15(3)20(24)19-14(2)21-18-9-7-6-8-17(18)19/h6-9,15-16,21H,5,10-13H2,1-4H3/t15-,16-/m1/s1. The molecule has 0 unspecified atom stereocenters. The van der Waals surface area contributed by atoms with Gasteiger partial charge in [0, 0.05) is 35.2 Å². The summed E-state index contributed by atoms with van der Waals surface area (Å²) in [7, 11) is 2.17. The first-order chi connectivity index (χ1) is 11.5. The number of aromatic nitrogens is 1. The fourth-order valence-corrected chi connectivity index (χ4v) is 3.90. The van der Waals surface area contributed by atoms with E-state index in [1.807, 2.05) is 31.2 Å². The van der Waals surface area contributed by atoms with Crippen LogP contribution < -0.4 is 0 Å². The van der Waals surface area contributed by atoms with E-state index in [9.17, 15) is 4.79 Å². The summed E-state index contributed by atoms with van der Waals surface area (Å²) in [5, 5.41) is 1.05. The van der Waals surface area contributed by atoms with Gasteiger partial charge in [-0.1, -0.05) is 25.1 Å². The molecule has 2 atom stereocenters. The van der Waals surface area contributed by atoms with Gasteiger partial charge in [0.05, 0.1) is 6.04 Å². The first-order valence-corrected chi connectivity index (χ1v) is 9.05. The number of Topliss-reactive ketones (excluding diaryl/α,β-unsaturated/α-hetero) is 1. The first kappa shape index (κ1) is 17.2. The fourth-order valence-electron chi connectivity index (χ4n) is 3.90. The van der Waals surface area contributed by atoms with Crippen molar-refractivity contribution in [1.82, 2.24) is 14.8 Å². The lowest BCUT2D eigenvalue weighted by Gasteiger charge is -2.24. The molecule has 0 amide bonds. The number of rotatable bonds is 6. The van der Waals surface area contributed by atoms with Crippen LogP contribution in [0.5, 0.6) is 0 Å². The number of likely N-dealkylation sites (tertiary alicyclic amines) is 1. The minimum absolute atomic E-state index is 0.0557. The summed E-state index contributed by atoms with van der Waals surface area (Å²) in [6.07, 6.45) is 1.19. The van der Waals surface area contributed by atoms with Crippen molar-refractivity contribution in [3.63, 3.8) is 0 Å². The number of hydrogen-bond donors (Lipinski definition) is 1. The van der Waals surface area contributed by atoms with Crippen molar-refractivity contribution in [1.29, 1.82) is 0 Å². The maximum Gasteiger partial charge on any atom is 0.182 e. The normalized spacial score (nSPS) is 20.1. The molecule has 0 saturated carbocycles. The second-order valence-corrected chi connectivity index (χ2v) is 7.22. The third-order valence-electron chi connectivity index (χ3n) is 5.49. The van der Waals surface area contributed by atoms with E-state index >= 15 is 0 Å². The summed E-state index contributed by atoms with van der Waals surface area (Å²) in [6, 6.07) is 8.03. The highest BCUT2D eigenvalue weighted by Crippen LogP contribution is 2.26. The Morgan fingerprint density at radius 3 is 2.92 bits per heavy atom. The monoisotopic (exact) mass is 327 g/mol. The van der Waals surface area contributed by atoms with Gasteiger partial charge in [-0.3, -0.25) is 9.69 Å². The number of H-pyrrole nitrogens is 1. The summed E-state index contributed by atoms with van der Waals surface area (Å²) in [4.78, 5) is 21.2. The summed E-state index contributed by atoms with van der Waals surface area (Å²) in [5.41, 5.74) is 2.90. The molecule has 1 N–H and O–H groups in total. The van der Waals surface area contributed by atoms with Crippen molar-refractivity contribution in [3.05, 3.63) is 35.5 Å². The molecule has 2 heterocycles. The lowest BCUT2D eigenvalue weighted by molar-refractivity contribution is 0.0862. The van der Waals surface area contributed by atoms with Crippen LogP contribution in [0.1, 0.15) is 36.3 Å². The number of carbonyl (C=O) groups excluding carboxylic acids is 1. The molecule has 1 aliphatic rings. The maximum absolute atomic E-state index is 13.1.